The molecular weight excluding hydrogens is 306 g/mol. The number of amides is 1. The van der Waals surface area contributed by atoms with E-state index in [9.17, 15) is 4.79 Å². The summed E-state index contributed by atoms with van der Waals surface area (Å²) in [6.07, 6.45) is 5.72. The molecule has 0 atom stereocenters. The fourth-order valence-electron chi connectivity index (χ4n) is 2.32. The fraction of sp³-hybridized carbons (Fsp3) is 0.176. The molecule has 0 aliphatic rings. The predicted octanol–water partition coefficient (Wildman–Crippen LogP) is 1.97. The van der Waals surface area contributed by atoms with Crippen LogP contribution < -0.4 is 5.32 Å². The van der Waals surface area contributed by atoms with E-state index < -0.39 is 0 Å². The monoisotopic (exact) mass is 323 g/mol. The molecule has 7 heteroatoms. The first kappa shape index (κ1) is 15.8. The Kier molecular flexibility index (Phi) is 4.62. The van der Waals surface area contributed by atoms with Crippen molar-refractivity contribution in [3.63, 3.8) is 0 Å². The largest absolute Gasteiger partial charge is 0.390 e. The molecule has 3 rings (SSSR count). The minimum atomic E-state index is -0.162. The third kappa shape index (κ3) is 3.31. The molecule has 1 amide bonds. The molecular formula is C17H17N5O2. The zero-order chi connectivity index (χ0) is 16.9. The van der Waals surface area contributed by atoms with Gasteiger partial charge in [-0.2, -0.15) is 0 Å². The summed E-state index contributed by atoms with van der Waals surface area (Å²) >= 11 is 0. The van der Waals surface area contributed by atoms with Crippen LogP contribution in [0.4, 0.5) is 5.69 Å². The van der Waals surface area contributed by atoms with Crippen molar-refractivity contribution in [1.82, 2.24) is 20.0 Å². The minimum absolute atomic E-state index is 0.153. The van der Waals surface area contributed by atoms with Crippen LogP contribution in [-0.4, -0.2) is 31.0 Å². The third-order valence-electron chi connectivity index (χ3n) is 3.62. The molecule has 3 aromatic rings. The number of hydrogen-bond donors (Lipinski definition) is 2. The summed E-state index contributed by atoms with van der Waals surface area (Å²) in [5.74, 6) is -0.162. The lowest BCUT2D eigenvalue weighted by Crippen LogP contribution is -2.14. The maximum Gasteiger partial charge on any atom is 0.256 e. The Bertz CT molecular complexity index is 842. The number of aliphatic hydroxyl groups is 1. The van der Waals surface area contributed by atoms with E-state index in [0.717, 1.165) is 17.7 Å². The number of rotatable bonds is 5. The van der Waals surface area contributed by atoms with Gasteiger partial charge in [0.15, 0.2) is 0 Å². The quantitative estimate of drug-likeness (QED) is 0.749. The van der Waals surface area contributed by atoms with Gasteiger partial charge in [0, 0.05) is 23.6 Å². The smallest absolute Gasteiger partial charge is 0.256 e. The Balaban J connectivity index is 1.75. The predicted molar refractivity (Wildman–Crippen MR) is 88.9 cm³/mol. The van der Waals surface area contributed by atoms with Crippen LogP contribution in [0.2, 0.25) is 0 Å². The van der Waals surface area contributed by atoms with Crippen LogP contribution in [-0.2, 0) is 13.0 Å². The van der Waals surface area contributed by atoms with Gasteiger partial charge in [-0.25, -0.2) is 4.68 Å². The molecule has 0 spiro atoms. The van der Waals surface area contributed by atoms with Gasteiger partial charge in [-0.1, -0.05) is 12.1 Å². The number of pyridine rings is 1. The second kappa shape index (κ2) is 7.01. The Labute approximate surface area is 139 Å². The molecule has 2 aromatic heterocycles. The molecule has 24 heavy (non-hydrogen) atoms. The summed E-state index contributed by atoms with van der Waals surface area (Å²) < 4.78 is 1.56. The van der Waals surface area contributed by atoms with Gasteiger partial charge in [0.05, 0.1) is 18.5 Å². The molecule has 0 aliphatic carbocycles. The molecule has 2 heterocycles. The van der Waals surface area contributed by atoms with Gasteiger partial charge in [-0.3, -0.25) is 9.78 Å². The van der Waals surface area contributed by atoms with Crippen LogP contribution in [0.5, 0.6) is 0 Å². The Hall–Kier alpha value is -3.06. The van der Waals surface area contributed by atoms with E-state index in [2.05, 4.69) is 20.6 Å². The van der Waals surface area contributed by atoms with E-state index in [0.29, 0.717) is 16.9 Å². The van der Waals surface area contributed by atoms with Crippen molar-refractivity contribution >= 4 is 11.6 Å². The topological polar surface area (TPSA) is 92.9 Å². The number of carbonyl (C=O) groups excluding carboxylic acids is 1. The van der Waals surface area contributed by atoms with Crippen LogP contribution in [0.15, 0.2) is 48.9 Å². The van der Waals surface area contributed by atoms with Gasteiger partial charge in [0.25, 0.3) is 5.91 Å². The van der Waals surface area contributed by atoms with Crippen LogP contribution >= 0.6 is 0 Å². The van der Waals surface area contributed by atoms with Crippen LogP contribution in [0.25, 0.3) is 5.69 Å². The summed E-state index contributed by atoms with van der Waals surface area (Å²) in [6.45, 7) is 1.83. The van der Waals surface area contributed by atoms with Crippen molar-refractivity contribution in [2.45, 2.75) is 20.0 Å². The second-order valence-corrected chi connectivity index (χ2v) is 5.20. The highest BCUT2D eigenvalue weighted by atomic mass is 16.3. The molecule has 7 nitrogen and oxygen atoms in total. The summed E-state index contributed by atoms with van der Waals surface area (Å²) in [4.78, 5) is 16.4. The summed E-state index contributed by atoms with van der Waals surface area (Å²) in [5, 5.41) is 19.7. The Morgan fingerprint density at radius 3 is 2.71 bits per heavy atom. The number of aliphatic hydroxyl groups excluding tert-OH is 1. The normalized spacial score (nSPS) is 10.6. The van der Waals surface area contributed by atoms with Gasteiger partial charge in [0.1, 0.15) is 5.69 Å². The van der Waals surface area contributed by atoms with E-state index in [1.54, 1.807) is 41.5 Å². The van der Waals surface area contributed by atoms with Crippen LogP contribution in [0, 0.1) is 0 Å². The van der Waals surface area contributed by atoms with E-state index in [1.807, 2.05) is 19.1 Å². The van der Waals surface area contributed by atoms with E-state index >= 15 is 0 Å². The summed E-state index contributed by atoms with van der Waals surface area (Å²) in [6, 6.07) is 8.94. The van der Waals surface area contributed by atoms with Crippen LogP contribution in [0.1, 0.15) is 28.5 Å². The standard InChI is InChI=1S/C17H17N5O2/c1-2-12-9-18-8-7-16(12)17(24)19-13-3-5-15(6-4-13)22-10-14(11-23)20-21-22/h3-10,23H,2,11H2,1H3,(H,19,24). The molecule has 0 unspecified atom stereocenters. The number of aryl methyl sites for hydroxylation is 1. The van der Waals surface area contributed by atoms with E-state index in [1.165, 1.54) is 0 Å². The highest BCUT2D eigenvalue weighted by Crippen LogP contribution is 2.15. The average molecular weight is 323 g/mol. The number of nitrogens with zero attached hydrogens (tertiary/aromatic N) is 4. The number of aromatic nitrogens is 4. The van der Waals surface area contributed by atoms with Gasteiger partial charge < -0.3 is 10.4 Å². The Morgan fingerprint density at radius 2 is 2.04 bits per heavy atom. The number of anilines is 1. The highest BCUT2D eigenvalue weighted by Gasteiger charge is 2.10. The van der Waals surface area contributed by atoms with Gasteiger partial charge in [-0.15, -0.1) is 5.10 Å². The number of benzene rings is 1. The lowest BCUT2D eigenvalue weighted by Gasteiger charge is -2.09. The van der Waals surface area contributed by atoms with E-state index in [-0.39, 0.29) is 12.5 Å². The zero-order valence-corrected chi connectivity index (χ0v) is 13.2. The summed E-state index contributed by atoms with van der Waals surface area (Å²) in [7, 11) is 0. The lowest BCUT2D eigenvalue weighted by molar-refractivity contribution is 0.102. The van der Waals surface area contributed by atoms with Crippen molar-refractivity contribution in [2.24, 2.45) is 0 Å². The van der Waals surface area contributed by atoms with Crippen molar-refractivity contribution in [1.29, 1.82) is 0 Å². The molecule has 0 radical (unpaired) electrons. The third-order valence-corrected chi connectivity index (χ3v) is 3.62. The van der Waals surface area contributed by atoms with Gasteiger partial charge >= 0.3 is 0 Å². The van der Waals surface area contributed by atoms with Crippen molar-refractivity contribution in [3.8, 4) is 5.69 Å². The maximum atomic E-state index is 12.4. The first-order chi connectivity index (χ1) is 11.7. The molecule has 2 N–H and O–H groups in total. The highest BCUT2D eigenvalue weighted by molar-refractivity contribution is 6.05. The van der Waals surface area contributed by atoms with Crippen LogP contribution in [0.3, 0.4) is 0 Å². The molecule has 0 fully saturated rings. The molecule has 1 aromatic carbocycles. The SMILES string of the molecule is CCc1cnccc1C(=O)Nc1ccc(-n2cc(CO)nn2)cc1. The van der Waals surface area contributed by atoms with E-state index in [4.69, 9.17) is 5.11 Å². The molecule has 0 saturated heterocycles. The van der Waals surface area contributed by atoms with Gasteiger partial charge in [0.2, 0.25) is 0 Å². The minimum Gasteiger partial charge on any atom is -0.390 e. The first-order valence-electron chi connectivity index (χ1n) is 7.58. The second-order valence-electron chi connectivity index (χ2n) is 5.20. The molecule has 122 valence electrons. The molecule has 0 saturated carbocycles. The number of hydrogen-bond acceptors (Lipinski definition) is 5. The van der Waals surface area contributed by atoms with Crippen molar-refractivity contribution in [2.75, 3.05) is 5.32 Å². The maximum absolute atomic E-state index is 12.4. The summed E-state index contributed by atoms with van der Waals surface area (Å²) in [5.41, 5.74) is 3.51. The molecule has 0 bridgehead atoms. The zero-order valence-electron chi connectivity index (χ0n) is 13.2. The number of nitrogens with one attached hydrogen (secondary N) is 1. The lowest BCUT2D eigenvalue weighted by atomic mass is 10.1. The first-order valence-corrected chi connectivity index (χ1v) is 7.58. The average Bonchev–Trinajstić information content (AvgIpc) is 3.11. The van der Waals surface area contributed by atoms with Gasteiger partial charge in [-0.05, 0) is 42.3 Å². The molecule has 0 aliphatic heterocycles. The number of carbonyl (C=O) groups is 1. The Morgan fingerprint density at radius 1 is 1.25 bits per heavy atom. The van der Waals surface area contributed by atoms with Crippen molar-refractivity contribution < 1.29 is 9.90 Å². The fourth-order valence-corrected chi connectivity index (χ4v) is 2.32. The van der Waals surface area contributed by atoms with Crippen molar-refractivity contribution in [3.05, 3.63) is 65.7 Å².